The number of urea groups is 1. The maximum Gasteiger partial charge on any atom is 0.506 e. The molecule has 0 bridgehead atoms. The van der Waals surface area contributed by atoms with E-state index < -0.39 is 5.25 Å². The van der Waals surface area contributed by atoms with Crippen molar-refractivity contribution in [1.82, 2.24) is 0 Å². The number of rotatable bonds is 3. The Morgan fingerprint density at radius 1 is 1.00 bits per heavy atom. The zero-order valence-electron chi connectivity index (χ0n) is 16.2. The quantitative estimate of drug-likeness (QED) is 0.527. The zero-order valence-corrected chi connectivity index (χ0v) is 17.8. The van der Waals surface area contributed by atoms with Crippen molar-refractivity contribution in [2.75, 3.05) is 4.90 Å². The fourth-order valence-electron chi connectivity index (χ4n) is 3.96. The molecule has 3 aromatic carbocycles. The van der Waals surface area contributed by atoms with Crippen LogP contribution in [0.3, 0.4) is 0 Å². The molecule has 2 heterocycles. The van der Waals surface area contributed by atoms with Gasteiger partial charge in [-0.2, -0.15) is 9.37 Å². The van der Waals surface area contributed by atoms with E-state index >= 15 is 0 Å². The van der Waals surface area contributed by atoms with Crippen molar-refractivity contribution >= 4 is 46.7 Å². The molecule has 1 unspecified atom stereocenters. The van der Waals surface area contributed by atoms with E-state index in [1.165, 1.54) is 16.7 Å². The number of halogens is 1. The summed E-state index contributed by atoms with van der Waals surface area (Å²) in [5.74, 6) is -0.231. The fraction of sp³-hybridized carbons (Fsp3) is 0.125. The lowest BCUT2D eigenvalue weighted by Crippen LogP contribution is -2.55. The monoisotopic (exact) mass is 433 g/mol. The number of carbonyl (C=O) groups excluding carboxylic acids is 2. The highest BCUT2D eigenvalue weighted by molar-refractivity contribution is 8.02. The molecule has 0 saturated carbocycles. The first-order chi connectivity index (χ1) is 14.5. The van der Waals surface area contributed by atoms with Crippen LogP contribution in [0.5, 0.6) is 0 Å². The molecule has 0 saturated heterocycles. The average molecular weight is 434 g/mol. The number of hydrogen-bond donors (Lipinski definition) is 0. The molecule has 0 spiro atoms. The minimum absolute atomic E-state index is 0.231. The van der Waals surface area contributed by atoms with Gasteiger partial charge in [0.2, 0.25) is 0 Å². The van der Waals surface area contributed by atoms with Gasteiger partial charge in [-0.25, -0.2) is 4.79 Å². The summed E-state index contributed by atoms with van der Waals surface area (Å²) < 4.78 is 1.74. The second kappa shape index (κ2) is 7.42. The van der Waals surface area contributed by atoms with E-state index in [2.05, 4.69) is 0 Å². The third-order valence-electron chi connectivity index (χ3n) is 5.41. The standard InChI is InChI=1S/C24H18ClN2O2S/c1-15-11-12-17(25)13-19(15)27-23(28)22-21(18-9-5-6-10-20(18)30-22)26(24(27)29)14-16-7-3-2-4-8-16/h2-13,22H,14H2,1H3/q+1. The normalized spacial score (nSPS) is 17.9. The summed E-state index contributed by atoms with van der Waals surface area (Å²) >= 11 is 7.71. The first kappa shape index (κ1) is 19.1. The minimum atomic E-state index is -0.470. The van der Waals surface area contributed by atoms with E-state index in [1.54, 1.807) is 16.7 Å². The molecule has 3 aromatic rings. The SMILES string of the molecule is Cc1ccc(Cl)cc1N1C(=O)C2Sc3ccccc3C2=[N+](Cc2ccccc2)C1=O. The van der Waals surface area contributed by atoms with Crippen molar-refractivity contribution in [1.29, 1.82) is 0 Å². The zero-order chi connectivity index (χ0) is 20.8. The molecule has 148 valence electrons. The number of anilines is 1. The van der Waals surface area contributed by atoms with Gasteiger partial charge in [0.25, 0.3) is 0 Å². The van der Waals surface area contributed by atoms with Crippen molar-refractivity contribution in [3.63, 3.8) is 0 Å². The van der Waals surface area contributed by atoms with Crippen LogP contribution in [-0.2, 0) is 11.3 Å². The van der Waals surface area contributed by atoms with Crippen LogP contribution in [0.25, 0.3) is 0 Å². The Bertz CT molecular complexity index is 1220. The van der Waals surface area contributed by atoms with Crippen molar-refractivity contribution in [2.45, 2.75) is 23.6 Å². The highest BCUT2D eigenvalue weighted by Crippen LogP contribution is 2.41. The summed E-state index contributed by atoms with van der Waals surface area (Å²) in [5.41, 5.74) is 4.08. The lowest BCUT2D eigenvalue weighted by molar-refractivity contribution is -0.444. The summed E-state index contributed by atoms with van der Waals surface area (Å²) in [6.07, 6.45) is 0. The van der Waals surface area contributed by atoms with Gasteiger partial charge in [0.05, 0.1) is 0 Å². The molecule has 6 heteroatoms. The lowest BCUT2D eigenvalue weighted by Gasteiger charge is -2.25. The number of carbonyl (C=O) groups is 2. The molecule has 3 amide bonds. The van der Waals surface area contributed by atoms with Crippen molar-refractivity contribution in [3.8, 4) is 0 Å². The first-order valence-electron chi connectivity index (χ1n) is 9.63. The third kappa shape index (κ3) is 3.06. The van der Waals surface area contributed by atoms with Crippen molar-refractivity contribution in [2.24, 2.45) is 0 Å². The molecule has 0 aliphatic carbocycles. The second-order valence-corrected chi connectivity index (χ2v) is 8.92. The highest BCUT2D eigenvalue weighted by Gasteiger charge is 2.53. The number of aryl methyl sites for hydroxylation is 1. The summed E-state index contributed by atoms with van der Waals surface area (Å²) in [4.78, 5) is 29.6. The Balaban J connectivity index is 1.70. The average Bonchev–Trinajstić information content (AvgIpc) is 3.14. The highest BCUT2D eigenvalue weighted by atomic mass is 35.5. The number of amides is 3. The minimum Gasteiger partial charge on any atom is -0.244 e. The molecule has 0 N–H and O–H groups in total. The van der Waals surface area contributed by atoms with Gasteiger partial charge in [0.1, 0.15) is 17.9 Å². The van der Waals surface area contributed by atoms with Gasteiger partial charge in [-0.1, -0.05) is 60.1 Å². The number of imide groups is 1. The van der Waals surface area contributed by atoms with Gasteiger partial charge in [-0.3, -0.25) is 0 Å². The molecule has 0 fully saturated rings. The topological polar surface area (TPSA) is 40.4 Å². The molecule has 0 radical (unpaired) electrons. The van der Waals surface area contributed by atoms with Crippen molar-refractivity contribution < 1.29 is 14.2 Å². The Morgan fingerprint density at radius 2 is 1.73 bits per heavy atom. The summed E-state index contributed by atoms with van der Waals surface area (Å²) in [7, 11) is 0. The summed E-state index contributed by atoms with van der Waals surface area (Å²) in [6, 6.07) is 22.6. The summed E-state index contributed by atoms with van der Waals surface area (Å²) in [6.45, 7) is 2.27. The van der Waals surface area contributed by atoms with Gasteiger partial charge in [0.15, 0.2) is 5.25 Å². The molecular formula is C24H18ClN2O2S+. The molecular weight excluding hydrogens is 416 g/mol. The predicted molar refractivity (Wildman–Crippen MR) is 120 cm³/mol. The Morgan fingerprint density at radius 3 is 2.53 bits per heavy atom. The summed E-state index contributed by atoms with van der Waals surface area (Å²) in [5, 5.41) is 0.0186. The van der Waals surface area contributed by atoms with Crippen LogP contribution >= 0.6 is 23.4 Å². The number of thioether (sulfide) groups is 1. The van der Waals surface area contributed by atoms with Gasteiger partial charge in [0, 0.05) is 21.5 Å². The molecule has 1 atom stereocenters. The molecule has 4 nitrogen and oxygen atoms in total. The van der Waals surface area contributed by atoms with E-state index in [0.717, 1.165) is 27.3 Å². The number of nitrogens with zero attached hydrogens (tertiary/aromatic N) is 2. The van der Waals surface area contributed by atoms with E-state index in [9.17, 15) is 9.59 Å². The maximum atomic E-state index is 13.7. The van der Waals surface area contributed by atoms with Crippen LogP contribution in [-0.4, -0.2) is 27.5 Å². The van der Waals surface area contributed by atoms with Gasteiger partial charge in [-0.15, -0.1) is 16.7 Å². The lowest BCUT2D eigenvalue weighted by atomic mass is 10.0. The molecule has 30 heavy (non-hydrogen) atoms. The van der Waals surface area contributed by atoms with Crippen LogP contribution in [0.1, 0.15) is 16.7 Å². The van der Waals surface area contributed by atoms with Crippen LogP contribution in [0.4, 0.5) is 10.5 Å². The Hall–Kier alpha value is -2.89. The number of hydrogen-bond acceptors (Lipinski definition) is 3. The van der Waals surface area contributed by atoms with Crippen LogP contribution < -0.4 is 4.90 Å². The second-order valence-electron chi connectivity index (χ2n) is 7.34. The van der Waals surface area contributed by atoms with E-state index in [1.807, 2.05) is 67.6 Å². The van der Waals surface area contributed by atoms with Crippen LogP contribution in [0.2, 0.25) is 5.02 Å². The van der Waals surface area contributed by atoms with E-state index in [0.29, 0.717) is 17.3 Å². The van der Waals surface area contributed by atoms with Crippen LogP contribution in [0.15, 0.2) is 77.7 Å². The molecule has 0 aromatic heterocycles. The van der Waals surface area contributed by atoms with Gasteiger partial charge in [-0.05, 0) is 36.2 Å². The molecule has 5 rings (SSSR count). The smallest absolute Gasteiger partial charge is 0.244 e. The molecule has 2 aliphatic heterocycles. The van der Waals surface area contributed by atoms with Gasteiger partial charge >= 0.3 is 11.9 Å². The fourth-order valence-corrected chi connectivity index (χ4v) is 5.41. The van der Waals surface area contributed by atoms with E-state index in [4.69, 9.17) is 11.6 Å². The predicted octanol–water partition coefficient (Wildman–Crippen LogP) is 5.29. The largest absolute Gasteiger partial charge is 0.506 e. The number of benzene rings is 3. The first-order valence-corrected chi connectivity index (χ1v) is 10.9. The number of fused-ring (bicyclic) bond motifs is 3. The third-order valence-corrected chi connectivity index (χ3v) is 6.92. The maximum absolute atomic E-state index is 13.7. The Kier molecular flexibility index (Phi) is 4.72. The Labute approximate surface area is 183 Å². The van der Waals surface area contributed by atoms with Crippen molar-refractivity contribution in [3.05, 3.63) is 94.5 Å². The van der Waals surface area contributed by atoms with Gasteiger partial charge < -0.3 is 0 Å². The molecule has 2 aliphatic rings. The van der Waals surface area contributed by atoms with E-state index in [-0.39, 0.29) is 11.9 Å². The van der Waals surface area contributed by atoms with Crippen LogP contribution in [0, 0.1) is 6.92 Å².